The van der Waals surface area contributed by atoms with E-state index in [0.29, 0.717) is 206 Å². The summed E-state index contributed by atoms with van der Waals surface area (Å²) in [6, 6.07) is 39.5. The number of nitriles is 6. The van der Waals surface area contributed by atoms with Crippen molar-refractivity contribution in [3.05, 3.63) is 311 Å². The molecule has 38 nitrogen and oxygen atoms in total. The molecular weight excluding hydrogens is 1850 g/mol. The normalized spacial score (nSPS) is 13.2. The Kier molecular flexibility index (Phi) is 31.7. The zero-order valence-electron chi connectivity index (χ0n) is 83.2. The molecule has 3 aliphatic heterocycles. The number of aromatic amines is 6. The van der Waals surface area contributed by atoms with Crippen molar-refractivity contribution in [3.8, 4) is 93.7 Å². The number of fused-ring (bicyclic) bond motifs is 6. The third-order valence-corrected chi connectivity index (χ3v) is 25.7. The number of carbonyl (C=O) groups is 3. The van der Waals surface area contributed by atoms with E-state index in [1.165, 1.54) is 70.3 Å². The van der Waals surface area contributed by atoms with Gasteiger partial charge in [-0.25, -0.2) is 52.5 Å². The lowest BCUT2D eigenvalue weighted by Gasteiger charge is -2.27. The molecule has 0 aliphatic carbocycles. The number of benzene rings is 3. The number of nitrogens with one attached hydrogen (secondary N) is 6. The van der Waals surface area contributed by atoms with Crippen LogP contribution in [0.5, 0.6) is 0 Å². The summed E-state index contributed by atoms with van der Waals surface area (Å²) in [7, 11) is 0. The maximum atomic E-state index is 12.9. The lowest BCUT2D eigenvalue weighted by atomic mass is 9.94. The Morgan fingerprint density at radius 3 is 1.08 bits per heavy atom. The molecule has 16 heterocycles. The molecule has 0 saturated carbocycles. The third kappa shape index (κ3) is 20.6. The number of aromatic nitrogens is 20. The number of H-pyrrole nitrogens is 6. The highest BCUT2D eigenvalue weighted by Gasteiger charge is 2.31. The number of carbonyl (C=O) groups excluding carboxylic acids is 3. The standard InChI is InChI=1S/C21H20N6O.C18H21N5O2.C18H19N5O2.C17H19N5O2.C17H16N4O.C17H12N4O/c1-4-18-19(25-20-16(9-22)10-24-27(20)21(18)28)15-7-5-6-14(8-15)17-11-23-26(12-17)13(2)3;2*1-4-14(24)22-7-5-12(6-8-22)16-15(11(2)3)18(25)23-17(21-16)13(9-19)10-20-23;1-10(2)14-15(12-4-6-21(7-5-12)11(3)23)20-16-13(8-18)9-19-22(16)17(14)24;2*1-3-11(2)14-15(12-7-5-4-6-8-12)20-16-13(9-18)10-19-21(16)17(14)22/h5-8,10-13,24H,4H2,1-3H3;5,10-11,20H,4,6-8H2,1-3H3;4-5,10-11,20H,1,6-8H2,2-3H3;4,9-10,19H,5-7H2,1-3H3;4-8,10-11,19H,3H2,1-2H3;1,4-8,10-11,19H,2H3. The van der Waals surface area contributed by atoms with E-state index in [0.717, 1.165) is 51.0 Å². The average molecular weight is 1960 g/mol. The van der Waals surface area contributed by atoms with E-state index in [2.05, 4.69) is 116 Å². The van der Waals surface area contributed by atoms with Crippen molar-refractivity contribution >= 4 is 68.3 Å². The minimum absolute atomic E-state index is 0.00234. The first-order valence-electron chi connectivity index (χ1n) is 47.7. The zero-order valence-corrected chi connectivity index (χ0v) is 83.2. The van der Waals surface area contributed by atoms with E-state index in [9.17, 15) is 69.5 Å². The Morgan fingerprint density at radius 1 is 0.418 bits per heavy atom. The van der Waals surface area contributed by atoms with Crippen LogP contribution in [0, 0.1) is 80.3 Å². The first kappa shape index (κ1) is 103. The number of hydrogen-bond acceptors (Lipinski definition) is 22. The van der Waals surface area contributed by atoms with Crippen LogP contribution in [0.15, 0.2) is 194 Å². The average Bonchev–Trinajstić information content (AvgIpc) is 1.60. The maximum absolute atomic E-state index is 12.9. The minimum Gasteiger partial charge on any atom is -0.339 e. The molecule has 3 aromatic carbocycles. The molecule has 19 rings (SSSR count). The van der Waals surface area contributed by atoms with Crippen molar-refractivity contribution in [2.45, 2.75) is 171 Å². The van der Waals surface area contributed by atoms with Crippen LogP contribution in [0.2, 0.25) is 0 Å². The van der Waals surface area contributed by atoms with E-state index in [1.807, 2.05) is 202 Å². The molecule has 16 aromatic rings. The highest BCUT2D eigenvalue weighted by atomic mass is 16.2. The molecule has 3 aliphatic rings. The highest BCUT2D eigenvalue weighted by Crippen LogP contribution is 2.36. The molecule has 6 N–H and O–H groups in total. The molecule has 146 heavy (non-hydrogen) atoms. The van der Waals surface area contributed by atoms with Crippen molar-refractivity contribution in [3.63, 3.8) is 0 Å². The second-order valence-electron chi connectivity index (χ2n) is 36.1. The Bertz CT molecular complexity index is 8630. The third-order valence-electron chi connectivity index (χ3n) is 25.7. The van der Waals surface area contributed by atoms with Gasteiger partial charge in [0, 0.05) is 158 Å². The van der Waals surface area contributed by atoms with Crippen LogP contribution >= 0.6 is 0 Å². The lowest BCUT2D eigenvalue weighted by molar-refractivity contribution is -0.130. The molecule has 2 atom stereocenters. The van der Waals surface area contributed by atoms with Crippen LogP contribution in [0.4, 0.5) is 0 Å². The molecule has 0 saturated heterocycles. The monoisotopic (exact) mass is 1950 g/mol. The van der Waals surface area contributed by atoms with Gasteiger partial charge in [-0.15, -0.1) is 6.42 Å². The lowest BCUT2D eigenvalue weighted by Crippen LogP contribution is -2.34. The summed E-state index contributed by atoms with van der Waals surface area (Å²) >= 11 is 0. The van der Waals surface area contributed by atoms with E-state index in [4.69, 9.17) is 11.7 Å². The fourth-order valence-electron chi connectivity index (χ4n) is 17.6. The fourth-order valence-corrected chi connectivity index (χ4v) is 17.6. The Labute approximate surface area is 837 Å². The fraction of sp³-hybridized carbons (Fsp3) is 0.296. The molecule has 3 amide bonds. The Hall–Kier alpha value is -18.7. The number of amides is 3. The van der Waals surface area contributed by atoms with E-state index >= 15 is 0 Å². The van der Waals surface area contributed by atoms with Crippen LogP contribution in [0.25, 0.3) is 95.5 Å². The summed E-state index contributed by atoms with van der Waals surface area (Å²) in [4.78, 5) is 145. The Morgan fingerprint density at radius 2 is 0.753 bits per heavy atom. The second-order valence-corrected chi connectivity index (χ2v) is 36.1. The van der Waals surface area contributed by atoms with Crippen LogP contribution in [0.1, 0.15) is 249 Å². The van der Waals surface area contributed by atoms with Crippen molar-refractivity contribution in [1.29, 1.82) is 31.6 Å². The largest absolute Gasteiger partial charge is 0.339 e. The topological polar surface area (TPSA) is 522 Å². The molecule has 13 aromatic heterocycles. The predicted molar refractivity (Wildman–Crippen MR) is 552 cm³/mol. The van der Waals surface area contributed by atoms with Crippen LogP contribution in [-0.4, -0.2) is 169 Å². The van der Waals surface area contributed by atoms with Gasteiger partial charge in [0.25, 0.3) is 33.4 Å². The number of rotatable bonds is 17. The van der Waals surface area contributed by atoms with E-state index in [-0.39, 0.29) is 86.7 Å². The van der Waals surface area contributed by atoms with Crippen molar-refractivity contribution in [1.82, 2.24) is 112 Å². The van der Waals surface area contributed by atoms with Crippen molar-refractivity contribution < 1.29 is 14.4 Å². The van der Waals surface area contributed by atoms with Gasteiger partial charge < -0.3 is 14.7 Å². The minimum atomic E-state index is -0.388. The van der Waals surface area contributed by atoms with Gasteiger partial charge in [0.15, 0.2) is 33.9 Å². The van der Waals surface area contributed by atoms with Gasteiger partial charge >= 0.3 is 0 Å². The van der Waals surface area contributed by atoms with E-state index in [1.54, 1.807) is 28.5 Å². The van der Waals surface area contributed by atoms with Gasteiger partial charge in [-0.05, 0) is 111 Å². The molecule has 0 spiro atoms. The Balaban J connectivity index is 0.000000139. The quantitative estimate of drug-likeness (QED) is 0.0364. The smallest absolute Gasteiger partial charge is 0.277 e. The maximum Gasteiger partial charge on any atom is 0.277 e. The van der Waals surface area contributed by atoms with Gasteiger partial charge in [-0.2, -0.15) is 41.2 Å². The first-order chi connectivity index (χ1) is 70.2. The number of nitrogens with zero attached hydrogens (tertiary/aromatic N) is 23. The SMILES string of the molecule is C#CC(C)c1c(-c2ccccc2)nc2c(C#N)c[nH]n2c1=O.C=CC(=O)N1CC=C(c2nc3c(C#N)c[nH]n3c(=O)c2C(C)C)CC1.CC(=O)N1CC=C(c2nc3c(C#N)c[nH]n3c(=O)c2C(C)C)CC1.CCC(=O)N1CC=C(c2nc3c(C#N)c[nH]n3c(=O)c2C(C)C)CC1.CCC(C)c1c(-c2ccccc2)nc2c(C#N)c[nH]n2c1=O.CCc1c(-c2cccc(-c3cnn(C(C)C)c3)c2)nc2c(C#N)c[nH]n2c1=O. The summed E-state index contributed by atoms with van der Waals surface area (Å²) in [6.07, 6.45) is 29.2. The summed E-state index contributed by atoms with van der Waals surface area (Å²) in [6.45, 7) is 33.8. The molecule has 0 fully saturated rings. The van der Waals surface area contributed by atoms with Crippen LogP contribution in [-0.2, 0) is 20.8 Å². The van der Waals surface area contributed by atoms with Crippen molar-refractivity contribution in [2.24, 2.45) is 0 Å². The molecular formula is C108H107N29O9. The summed E-state index contributed by atoms with van der Waals surface area (Å²) in [5.74, 6) is 2.31. The van der Waals surface area contributed by atoms with E-state index < -0.39 is 0 Å². The van der Waals surface area contributed by atoms with Crippen molar-refractivity contribution in [2.75, 3.05) is 39.3 Å². The van der Waals surface area contributed by atoms with Gasteiger partial charge in [-0.3, -0.25) is 78.4 Å². The number of terminal acetylenes is 1. The highest BCUT2D eigenvalue weighted by molar-refractivity contribution is 5.88. The summed E-state index contributed by atoms with van der Waals surface area (Å²) in [5, 5.41) is 76.5. The predicted octanol–water partition coefficient (Wildman–Crippen LogP) is 14.5. The summed E-state index contributed by atoms with van der Waals surface area (Å²) < 4.78 is 9.82. The van der Waals surface area contributed by atoms with Crippen LogP contribution < -0.4 is 33.4 Å². The summed E-state index contributed by atoms with van der Waals surface area (Å²) in [5.41, 5.74) is 17.6. The zero-order chi connectivity index (χ0) is 105. The van der Waals surface area contributed by atoms with Gasteiger partial charge in [0.2, 0.25) is 17.7 Å². The molecule has 38 heteroatoms. The second kappa shape index (κ2) is 44.8. The van der Waals surface area contributed by atoms with Gasteiger partial charge in [-0.1, -0.05) is 179 Å². The first-order valence-corrected chi connectivity index (χ1v) is 47.7. The molecule has 0 radical (unpaired) electrons. The molecule has 738 valence electrons. The molecule has 2 unspecified atom stereocenters. The number of hydrogen-bond donors (Lipinski definition) is 6. The van der Waals surface area contributed by atoms with Gasteiger partial charge in [0.05, 0.1) is 45.9 Å². The van der Waals surface area contributed by atoms with Gasteiger partial charge in [0.1, 0.15) is 69.8 Å². The van der Waals surface area contributed by atoms with Crippen LogP contribution in [0.3, 0.4) is 0 Å². The molecule has 0 bridgehead atoms.